The minimum Gasteiger partial charge on any atom is -0.504 e. The zero-order chi connectivity index (χ0) is 20.4. The number of phenolic OH excluding ortho intramolecular Hbond substituents is 1. The van der Waals surface area contributed by atoms with Crippen molar-refractivity contribution in [2.24, 2.45) is 0 Å². The highest BCUT2D eigenvalue weighted by molar-refractivity contribution is 5.89. The fourth-order valence-electron chi connectivity index (χ4n) is 4.77. The van der Waals surface area contributed by atoms with Crippen molar-refractivity contribution < 1.29 is 24.3 Å². The van der Waals surface area contributed by atoms with E-state index in [9.17, 15) is 9.90 Å². The second-order valence-corrected chi connectivity index (χ2v) is 7.74. The summed E-state index contributed by atoms with van der Waals surface area (Å²) < 4.78 is 10.5. The normalized spacial score (nSPS) is 23.5. The van der Waals surface area contributed by atoms with Crippen LogP contribution in [0.25, 0.3) is 0 Å². The van der Waals surface area contributed by atoms with Gasteiger partial charge in [0.1, 0.15) is 6.04 Å². The number of para-hydroxylation sites is 1. The van der Waals surface area contributed by atoms with Gasteiger partial charge in [0, 0.05) is 12.1 Å². The minimum absolute atomic E-state index is 0.0174. The molecule has 0 saturated carbocycles. The topological polar surface area (TPSA) is 63.4 Å². The highest BCUT2D eigenvalue weighted by Crippen LogP contribution is 2.38. The number of nitrogens with one attached hydrogen (secondary N) is 1. The van der Waals surface area contributed by atoms with E-state index in [4.69, 9.17) is 9.47 Å². The molecule has 2 aliphatic rings. The number of quaternary nitrogens is 1. The first-order valence-corrected chi connectivity index (χ1v) is 10.4. The number of anilines is 1. The monoisotopic (exact) mass is 397 g/mol. The molecule has 2 fully saturated rings. The number of rotatable bonds is 5. The van der Waals surface area contributed by atoms with Crippen LogP contribution in [0.15, 0.2) is 42.5 Å². The van der Waals surface area contributed by atoms with E-state index in [2.05, 4.69) is 4.90 Å². The summed E-state index contributed by atoms with van der Waals surface area (Å²) in [5.41, 5.74) is 2.49. The molecule has 2 aliphatic heterocycles. The van der Waals surface area contributed by atoms with E-state index in [1.165, 1.54) is 24.2 Å². The van der Waals surface area contributed by atoms with Crippen molar-refractivity contribution in [1.82, 2.24) is 0 Å². The van der Waals surface area contributed by atoms with Crippen LogP contribution in [0.4, 0.5) is 5.69 Å². The number of benzene rings is 2. The quantitative estimate of drug-likeness (QED) is 0.760. The molecule has 2 saturated heterocycles. The first kappa shape index (κ1) is 19.6. The molecule has 0 radical (unpaired) electrons. The van der Waals surface area contributed by atoms with Crippen LogP contribution in [-0.2, 0) is 4.74 Å². The highest BCUT2D eigenvalue weighted by Gasteiger charge is 2.46. The predicted octanol–water partition coefficient (Wildman–Crippen LogP) is 2.53. The van der Waals surface area contributed by atoms with E-state index in [1.807, 2.05) is 36.4 Å². The van der Waals surface area contributed by atoms with Crippen molar-refractivity contribution in [2.45, 2.75) is 38.4 Å². The molecule has 0 aliphatic carbocycles. The van der Waals surface area contributed by atoms with Crippen LogP contribution < -0.4 is 14.5 Å². The largest absolute Gasteiger partial charge is 0.504 e. The summed E-state index contributed by atoms with van der Waals surface area (Å²) in [6.07, 6.45) is 3.65. The van der Waals surface area contributed by atoms with Gasteiger partial charge in [-0.1, -0.05) is 6.07 Å². The lowest BCUT2D eigenvalue weighted by Crippen LogP contribution is -3.15. The fourth-order valence-corrected chi connectivity index (χ4v) is 4.77. The number of carbonyl (C=O) groups excluding carboxylic acids is 1. The van der Waals surface area contributed by atoms with Gasteiger partial charge in [-0.25, -0.2) is 4.79 Å². The summed E-state index contributed by atoms with van der Waals surface area (Å²) in [6.45, 7) is 4.18. The molecule has 0 aromatic heterocycles. The molecule has 4 rings (SSSR count). The second kappa shape index (κ2) is 8.33. The zero-order valence-electron chi connectivity index (χ0n) is 17.1. The summed E-state index contributed by atoms with van der Waals surface area (Å²) in [7, 11) is 1.58. The molecule has 154 valence electrons. The van der Waals surface area contributed by atoms with Crippen molar-refractivity contribution in [3.8, 4) is 11.5 Å². The van der Waals surface area contributed by atoms with Crippen molar-refractivity contribution in [3.05, 3.63) is 53.6 Å². The number of esters is 1. The Kier molecular flexibility index (Phi) is 5.62. The van der Waals surface area contributed by atoms with E-state index in [1.54, 1.807) is 20.1 Å². The van der Waals surface area contributed by atoms with Gasteiger partial charge in [0.05, 0.1) is 37.9 Å². The molecule has 2 heterocycles. The maximum absolute atomic E-state index is 12.0. The van der Waals surface area contributed by atoms with Crippen LogP contribution in [0.1, 0.15) is 48.3 Å². The number of fused-ring (bicyclic) bond motifs is 1. The Morgan fingerprint density at radius 1 is 1.21 bits per heavy atom. The molecule has 0 amide bonds. The molecule has 0 spiro atoms. The average molecular weight is 397 g/mol. The summed E-state index contributed by atoms with van der Waals surface area (Å²) in [6, 6.07) is 13.9. The highest BCUT2D eigenvalue weighted by atomic mass is 16.5. The first-order chi connectivity index (χ1) is 14.1. The molecule has 6 nitrogen and oxygen atoms in total. The van der Waals surface area contributed by atoms with Crippen LogP contribution in [0.5, 0.6) is 11.5 Å². The Labute approximate surface area is 171 Å². The molecule has 6 heteroatoms. The third-order valence-corrected chi connectivity index (χ3v) is 6.13. The molecule has 2 aromatic carbocycles. The smallest absolute Gasteiger partial charge is 0.338 e. The fraction of sp³-hybridized carbons (Fsp3) is 0.435. The molecule has 3 atom stereocenters. The number of ether oxygens (including phenoxy) is 2. The van der Waals surface area contributed by atoms with Gasteiger partial charge in [-0.05, 0) is 56.2 Å². The lowest BCUT2D eigenvalue weighted by Gasteiger charge is -2.32. The average Bonchev–Trinajstić information content (AvgIpc) is 3.13. The minimum atomic E-state index is -0.300. The maximum atomic E-state index is 12.0. The van der Waals surface area contributed by atoms with Crippen LogP contribution in [0.2, 0.25) is 0 Å². The Bertz CT molecular complexity index is 868. The lowest BCUT2D eigenvalue weighted by molar-refractivity contribution is -0.945. The molecule has 1 unspecified atom stereocenters. The van der Waals surface area contributed by atoms with E-state index in [-0.39, 0.29) is 17.9 Å². The molecule has 0 bridgehead atoms. The molecule has 29 heavy (non-hydrogen) atoms. The standard InChI is InChI=1S/C23H28N2O4/c1-3-29-23(27)16-10-12-17(13-11-16)25-15-18-7-4-5-14-24(18)22(25)19-8-6-9-20(28-2)21(19)26/h6,8-13,18,22,26H,3-5,7,14-15H2,1-2H3/p+1/t18-,22+/m0/s1. The molecule has 2 N–H and O–H groups in total. The van der Waals surface area contributed by atoms with Gasteiger partial charge in [0.15, 0.2) is 17.7 Å². The number of phenols is 1. The maximum Gasteiger partial charge on any atom is 0.338 e. The van der Waals surface area contributed by atoms with E-state index in [0.717, 1.165) is 24.3 Å². The summed E-state index contributed by atoms with van der Waals surface area (Å²) >= 11 is 0. The Morgan fingerprint density at radius 2 is 2.00 bits per heavy atom. The number of hydrogen-bond donors (Lipinski definition) is 2. The van der Waals surface area contributed by atoms with Gasteiger partial charge in [-0.3, -0.25) is 0 Å². The third-order valence-electron chi connectivity index (χ3n) is 6.13. The number of nitrogens with zero attached hydrogens (tertiary/aromatic N) is 1. The summed E-state index contributed by atoms with van der Waals surface area (Å²) in [4.78, 5) is 15.8. The van der Waals surface area contributed by atoms with Gasteiger partial charge in [0.2, 0.25) is 0 Å². The van der Waals surface area contributed by atoms with E-state index >= 15 is 0 Å². The van der Waals surface area contributed by atoms with Crippen molar-refractivity contribution in [2.75, 3.05) is 31.7 Å². The van der Waals surface area contributed by atoms with Crippen LogP contribution in [-0.4, -0.2) is 43.9 Å². The predicted molar refractivity (Wildman–Crippen MR) is 111 cm³/mol. The number of methoxy groups -OCH3 is 1. The van der Waals surface area contributed by atoms with Gasteiger partial charge >= 0.3 is 5.97 Å². The number of piperidine rings is 1. The van der Waals surface area contributed by atoms with Crippen LogP contribution in [0.3, 0.4) is 0 Å². The molecular formula is C23H29N2O4+. The Balaban J connectivity index is 1.70. The summed E-state index contributed by atoms with van der Waals surface area (Å²) in [5, 5.41) is 10.9. The lowest BCUT2D eigenvalue weighted by atomic mass is 10.0. The van der Waals surface area contributed by atoms with Crippen molar-refractivity contribution in [3.63, 3.8) is 0 Å². The Hall–Kier alpha value is -2.73. The van der Waals surface area contributed by atoms with Crippen molar-refractivity contribution in [1.29, 1.82) is 0 Å². The number of hydrogen-bond acceptors (Lipinski definition) is 5. The number of carbonyl (C=O) groups is 1. The summed E-state index contributed by atoms with van der Waals surface area (Å²) in [5.74, 6) is 0.414. The van der Waals surface area contributed by atoms with Gasteiger partial charge in [-0.2, -0.15) is 0 Å². The second-order valence-electron chi connectivity index (χ2n) is 7.74. The van der Waals surface area contributed by atoms with Crippen LogP contribution in [0, 0.1) is 0 Å². The number of aromatic hydroxyl groups is 1. The van der Waals surface area contributed by atoms with Crippen LogP contribution >= 0.6 is 0 Å². The van der Waals surface area contributed by atoms with Gasteiger partial charge in [-0.15, -0.1) is 0 Å². The van der Waals surface area contributed by atoms with E-state index in [0.29, 0.717) is 24.0 Å². The molecular weight excluding hydrogens is 368 g/mol. The Morgan fingerprint density at radius 3 is 2.72 bits per heavy atom. The van der Waals surface area contributed by atoms with Gasteiger partial charge < -0.3 is 24.4 Å². The van der Waals surface area contributed by atoms with Crippen molar-refractivity contribution >= 4 is 11.7 Å². The molecule has 2 aromatic rings. The zero-order valence-corrected chi connectivity index (χ0v) is 17.1. The first-order valence-electron chi connectivity index (χ1n) is 10.4. The van der Waals surface area contributed by atoms with Gasteiger partial charge in [0.25, 0.3) is 0 Å². The SMILES string of the molecule is CCOC(=O)c1ccc(N2C[C@@H]3CCCC[NH+]3[C@H]2c2cccc(OC)c2O)cc1. The van der Waals surface area contributed by atoms with E-state index < -0.39 is 0 Å². The third kappa shape index (κ3) is 3.65.